The number of hydrogen-bond acceptors (Lipinski definition) is 2. The summed E-state index contributed by atoms with van der Waals surface area (Å²) in [5, 5.41) is 0. The second kappa shape index (κ2) is 7.13. The van der Waals surface area contributed by atoms with Gasteiger partial charge in [0.15, 0.2) is 0 Å². The van der Waals surface area contributed by atoms with Crippen LogP contribution in [0.4, 0.5) is 0 Å². The van der Waals surface area contributed by atoms with Crippen molar-refractivity contribution in [1.82, 2.24) is 0 Å². The molecule has 5 heteroatoms. The maximum atomic E-state index is 10.4. The number of rotatable bonds is 8. The smallest absolute Gasteiger partial charge is 0.325 e. The van der Waals surface area contributed by atoms with E-state index in [2.05, 4.69) is 6.58 Å². The van der Waals surface area contributed by atoms with Crippen LogP contribution in [0.3, 0.4) is 0 Å². The summed E-state index contributed by atoms with van der Waals surface area (Å²) in [6.07, 6.45) is 4.66. The molecule has 0 radical (unpaired) electrons. The Morgan fingerprint density at radius 1 is 1.23 bits per heavy atom. The maximum Gasteiger partial charge on any atom is 0.325 e. The van der Waals surface area contributed by atoms with Gasteiger partial charge in [0.25, 0.3) is 0 Å². The van der Waals surface area contributed by atoms with Crippen LogP contribution in [0.25, 0.3) is 0 Å². The first kappa shape index (κ1) is 12.7. The molecule has 0 rings (SSSR count). The summed E-state index contributed by atoms with van der Waals surface area (Å²) < 4.78 is 15.3. The fourth-order valence-electron chi connectivity index (χ4n) is 0.940. The highest BCUT2D eigenvalue weighted by molar-refractivity contribution is 7.51. The number of ether oxygens (including phenoxy) is 1. The van der Waals surface area contributed by atoms with Gasteiger partial charge in [-0.05, 0) is 12.8 Å². The second-order valence-corrected chi connectivity index (χ2v) is 4.62. The zero-order valence-corrected chi connectivity index (χ0v) is 8.58. The molecule has 0 heterocycles. The predicted octanol–water partition coefficient (Wildman–Crippen LogP) is 1.88. The Morgan fingerprint density at radius 3 is 2.38 bits per heavy atom. The lowest BCUT2D eigenvalue weighted by Gasteiger charge is -2.03. The molecule has 0 spiro atoms. The summed E-state index contributed by atoms with van der Waals surface area (Å²) in [7, 11) is -3.77. The third-order valence-electron chi connectivity index (χ3n) is 1.58. The molecule has 0 saturated carbocycles. The first-order valence-electron chi connectivity index (χ1n) is 4.33. The molecule has 0 aromatic rings. The van der Waals surface area contributed by atoms with Gasteiger partial charge < -0.3 is 14.5 Å². The van der Waals surface area contributed by atoms with Crippen molar-refractivity contribution in [1.29, 1.82) is 0 Å². The summed E-state index contributed by atoms with van der Waals surface area (Å²) in [6.45, 7) is 4.04. The summed E-state index contributed by atoms with van der Waals surface area (Å²) in [5.41, 5.74) is 0. The van der Waals surface area contributed by atoms with Crippen molar-refractivity contribution < 1.29 is 19.1 Å². The first-order chi connectivity index (χ1) is 6.06. The van der Waals surface area contributed by atoms with E-state index in [1.165, 1.54) is 6.26 Å². The topological polar surface area (TPSA) is 66.8 Å². The Bertz CT molecular complexity index is 175. The Balaban J connectivity index is 3.08. The van der Waals surface area contributed by atoms with E-state index < -0.39 is 7.60 Å². The highest BCUT2D eigenvalue weighted by Gasteiger charge is 2.10. The minimum absolute atomic E-state index is 0.00465. The van der Waals surface area contributed by atoms with Crippen LogP contribution in [0.15, 0.2) is 12.8 Å². The molecule has 0 aromatic carbocycles. The van der Waals surface area contributed by atoms with Crippen LogP contribution in [0.2, 0.25) is 0 Å². The SMILES string of the molecule is C=COCCCCCCP(=O)(O)O. The Morgan fingerprint density at radius 2 is 1.85 bits per heavy atom. The fourth-order valence-corrected chi connectivity index (χ4v) is 1.58. The molecule has 0 bridgehead atoms. The molecule has 0 aliphatic carbocycles. The van der Waals surface area contributed by atoms with E-state index in [-0.39, 0.29) is 6.16 Å². The van der Waals surface area contributed by atoms with Crippen LogP contribution in [-0.4, -0.2) is 22.6 Å². The molecule has 2 N–H and O–H groups in total. The molecule has 4 nitrogen and oxygen atoms in total. The summed E-state index contributed by atoms with van der Waals surface area (Å²) >= 11 is 0. The van der Waals surface area contributed by atoms with Crippen molar-refractivity contribution in [2.24, 2.45) is 0 Å². The minimum Gasteiger partial charge on any atom is -0.502 e. The second-order valence-electron chi connectivity index (χ2n) is 2.84. The van der Waals surface area contributed by atoms with Crippen LogP contribution >= 0.6 is 7.60 Å². The third-order valence-corrected chi connectivity index (χ3v) is 2.48. The van der Waals surface area contributed by atoms with Crippen molar-refractivity contribution in [3.05, 3.63) is 12.8 Å². The Kier molecular flexibility index (Phi) is 6.96. The van der Waals surface area contributed by atoms with E-state index >= 15 is 0 Å². The van der Waals surface area contributed by atoms with Gasteiger partial charge in [-0.3, -0.25) is 4.57 Å². The van der Waals surface area contributed by atoms with Crippen molar-refractivity contribution in [2.45, 2.75) is 25.7 Å². The van der Waals surface area contributed by atoms with Gasteiger partial charge >= 0.3 is 7.60 Å². The lowest BCUT2D eigenvalue weighted by atomic mass is 10.2. The number of unbranched alkanes of at least 4 members (excludes halogenated alkanes) is 3. The summed E-state index contributed by atoms with van der Waals surface area (Å²) in [4.78, 5) is 17.1. The maximum absolute atomic E-state index is 10.4. The minimum atomic E-state index is -3.77. The Hall–Kier alpha value is -0.310. The third kappa shape index (κ3) is 11.7. The van der Waals surface area contributed by atoms with Gasteiger partial charge in [-0.25, -0.2) is 0 Å². The largest absolute Gasteiger partial charge is 0.502 e. The normalized spacial score (nSPS) is 11.2. The molecule has 0 aromatic heterocycles. The fraction of sp³-hybridized carbons (Fsp3) is 0.750. The molecule has 0 unspecified atom stereocenters. The van der Waals surface area contributed by atoms with Crippen LogP contribution in [0, 0.1) is 0 Å². The average Bonchev–Trinajstić information content (AvgIpc) is 2.01. The molecule has 13 heavy (non-hydrogen) atoms. The molecule has 0 amide bonds. The molecule has 0 fully saturated rings. The monoisotopic (exact) mass is 208 g/mol. The number of hydrogen-bond donors (Lipinski definition) is 2. The van der Waals surface area contributed by atoms with Crippen molar-refractivity contribution in [3.63, 3.8) is 0 Å². The predicted molar refractivity (Wildman–Crippen MR) is 51.5 cm³/mol. The van der Waals surface area contributed by atoms with Crippen LogP contribution in [0.1, 0.15) is 25.7 Å². The van der Waals surface area contributed by atoms with Crippen LogP contribution in [0.5, 0.6) is 0 Å². The van der Waals surface area contributed by atoms with Gasteiger partial charge in [-0.2, -0.15) is 0 Å². The van der Waals surface area contributed by atoms with Gasteiger partial charge in [0.2, 0.25) is 0 Å². The van der Waals surface area contributed by atoms with Crippen LogP contribution < -0.4 is 0 Å². The zero-order chi connectivity index (χ0) is 10.2. The summed E-state index contributed by atoms with van der Waals surface area (Å²) in [6, 6.07) is 0. The summed E-state index contributed by atoms with van der Waals surface area (Å²) in [5.74, 6) is 0. The van der Waals surface area contributed by atoms with E-state index in [1.54, 1.807) is 0 Å². The van der Waals surface area contributed by atoms with E-state index in [0.29, 0.717) is 13.0 Å². The van der Waals surface area contributed by atoms with Gasteiger partial charge in [0.05, 0.1) is 12.9 Å². The zero-order valence-electron chi connectivity index (χ0n) is 7.69. The van der Waals surface area contributed by atoms with E-state index in [9.17, 15) is 4.57 Å². The quantitative estimate of drug-likeness (QED) is 0.363. The van der Waals surface area contributed by atoms with E-state index in [0.717, 1.165) is 19.3 Å². The van der Waals surface area contributed by atoms with Crippen LogP contribution in [-0.2, 0) is 9.30 Å². The molecule has 0 atom stereocenters. The van der Waals surface area contributed by atoms with Gasteiger partial charge in [0, 0.05) is 6.16 Å². The standard InChI is InChI=1S/C8H17O4P/c1-2-12-7-5-3-4-6-8-13(9,10)11/h2H,1,3-8H2,(H2,9,10,11). The lowest BCUT2D eigenvalue weighted by molar-refractivity contribution is 0.242. The lowest BCUT2D eigenvalue weighted by Crippen LogP contribution is -1.90. The van der Waals surface area contributed by atoms with Gasteiger partial charge in [0.1, 0.15) is 0 Å². The van der Waals surface area contributed by atoms with E-state index in [1.807, 2.05) is 0 Å². The molecule has 0 aliphatic heterocycles. The highest BCUT2D eigenvalue weighted by Crippen LogP contribution is 2.35. The molecular weight excluding hydrogens is 191 g/mol. The van der Waals surface area contributed by atoms with Gasteiger partial charge in [-0.15, -0.1) is 0 Å². The molecule has 78 valence electrons. The Labute approximate surface area is 78.8 Å². The van der Waals surface area contributed by atoms with Crippen molar-refractivity contribution >= 4 is 7.60 Å². The average molecular weight is 208 g/mol. The molecule has 0 aliphatic rings. The first-order valence-corrected chi connectivity index (χ1v) is 6.13. The van der Waals surface area contributed by atoms with Crippen molar-refractivity contribution in [2.75, 3.05) is 12.8 Å². The van der Waals surface area contributed by atoms with E-state index in [4.69, 9.17) is 14.5 Å². The molecule has 0 saturated heterocycles. The van der Waals surface area contributed by atoms with Crippen molar-refractivity contribution in [3.8, 4) is 0 Å². The molecular formula is C8H17O4P. The highest BCUT2D eigenvalue weighted by atomic mass is 31.2. The van der Waals surface area contributed by atoms with Gasteiger partial charge in [-0.1, -0.05) is 19.4 Å².